The highest BCUT2D eigenvalue weighted by molar-refractivity contribution is 8.14. The fraction of sp³-hybridized carbons (Fsp3) is 0.238. The number of rotatable bonds is 16. The lowest BCUT2D eigenvalue weighted by atomic mass is 9.72. The van der Waals surface area contributed by atoms with Crippen LogP contribution in [0.15, 0.2) is 168 Å². The predicted molar refractivity (Wildman–Crippen MR) is 300 cm³/mol. The van der Waals surface area contributed by atoms with Gasteiger partial charge < -0.3 is 37.9 Å². The highest BCUT2D eigenvalue weighted by Crippen LogP contribution is 2.71. The van der Waals surface area contributed by atoms with Crippen molar-refractivity contribution in [2.24, 2.45) is 0 Å². The maximum atomic E-state index is 6.90. The van der Waals surface area contributed by atoms with Crippen LogP contribution in [0.5, 0.6) is 23.0 Å². The zero-order chi connectivity index (χ0) is 49.8. The first-order valence-electron chi connectivity index (χ1n) is 24.7. The quantitative estimate of drug-likeness (QED) is 0.0874. The molecule has 2 aliphatic carbocycles. The van der Waals surface area contributed by atoms with Crippen LogP contribution < -0.4 is 18.9 Å². The van der Waals surface area contributed by atoms with Crippen LogP contribution in [0.2, 0.25) is 0 Å². The molecule has 0 radical (unpaired) electrons. The molecule has 0 bridgehead atoms. The van der Waals surface area contributed by atoms with E-state index in [9.17, 15) is 0 Å². The summed E-state index contributed by atoms with van der Waals surface area (Å²) >= 11 is 3.90. The molecule has 8 aromatic carbocycles. The third-order valence-electron chi connectivity index (χ3n) is 15.1. The smallest absolute Gasteiger partial charge is 0.188 e. The third kappa shape index (κ3) is 7.76. The lowest BCUT2D eigenvalue weighted by Gasteiger charge is -2.47. The number of fused-ring (bicyclic) bond motifs is 8. The van der Waals surface area contributed by atoms with Gasteiger partial charge in [0.05, 0.1) is 9.49 Å². The van der Waals surface area contributed by atoms with E-state index in [0.29, 0.717) is 11.5 Å². The molecule has 2 atom stereocenters. The second-order valence-electron chi connectivity index (χ2n) is 19.1. The first kappa shape index (κ1) is 47.5. The van der Waals surface area contributed by atoms with E-state index in [1.807, 2.05) is 35.7 Å². The summed E-state index contributed by atoms with van der Waals surface area (Å²) in [5.41, 5.74) is 11.5. The zero-order valence-electron chi connectivity index (χ0n) is 41.9. The summed E-state index contributed by atoms with van der Waals surface area (Å²) in [6.07, 6.45) is 8.12. The molecule has 0 unspecified atom stereocenters. The van der Waals surface area contributed by atoms with Gasteiger partial charge in [0.15, 0.2) is 27.2 Å². The van der Waals surface area contributed by atoms with Crippen molar-refractivity contribution in [3.8, 4) is 45.3 Å². The molecule has 2 aliphatic heterocycles. The van der Waals surface area contributed by atoms with Crippen LogP contribution in [0.1, 0.15) is 44.2 Å². The number of ether oxygens (including phenoxy) is 8. The van der Waals surface area contributed by atoms with Crippen LogP contribution in [-0.2, 0) is 18.9 Å². The van der Waals surface area contributed by atoms with Crippen molar-refractivity contribution in [2.75, 3.05) is 55.6 Å². The van der Waals surface area contributed by atoms with E-state index in [2.05, 4.69) is 147 Å². The number of hydrogen-bond donors (Lipinski definition) is 0. The predicted octanol–water partition coefficient (Wildman–Crippen LogP) is 15.7. The second-order valence-corrected chi connectivity index (χ2v) is 22.1. The van der Waals surface area contributed by atoms with E-state index in [1.54, 1.807) is 28.4 Å². The average Bonchev–Trinajstić information content (AvgIpc) is 4.16. The Labute approximate surface area is 434 Å². The molecule has 0 spiro atoms. The normalized spacial score (nSPS) is 19.2. The van der Waals surface area contributed by atoms with Gasteiger partial charge >= 0.3 is 0 Å². The largest absolute Gasteiger partial charge is 0.467 e. The maximum Gasteiger partial charge on any atom is 0.188 e. The molecule has 8 aromatic rings. The van der Waals surface area contributed by atoms with E-state index in [-0.39, 0.29) is 36.7 Å². The molecule has 1 fully saturated rings. The molecular formula is C63H56O8S2. The van der Waals surface area contributed by atoms with Crippen molar-refractivity contribution in [3.05, 3.63) is 179 Å². The van der Waals surface area contributed by atoms with Gasteiger partial charge in [0, 0.05) is 71.6 Å². The monoisotopic (exact) mass is 1000 g/mol. The van der Waals surface area contributed by atoms with Crippen molar-refractivity contribution in [3.63, 3.8) is 0 Å². The van der Waals surface area contributed by atoms with Gasteiger partial charge in [-0.15, -0.1) is 23.5 Å². The Morgan fingerprint density at radius 3 is 1.16 bits per heavy atom. The van der Waals surface area contributed by atoms with Crippen LogP contribution in [0.25, 0.3) is 75.2 Å². The zero-order valence-corrected chi connectivity index (χ0v) is 43.5. The van der Waals surface area contributed by atoms with Crippen molar-refractivity contribution >= 4 is 76.4 Å². The molecule has 10 heteroatoms. The molecule has 0 N–H and O–H groups in total. The van der Waals surface area contributed by atoms with Crippen LogP contribution in [0.4, 0.5) is 0 Å². The summed E-state index contributed by atoms with van der Waals surface area (Å²) in [5, 5.41) is 8.63. The third-order valence-corrected chi connectivity index (χ3v) is 18.4. The summed E-state index contributed by atoms with van der Waals surface area (Å²) in [5.74, 6) is 2.93. The number of benzene rings is 8. The Bertz CT molecular complexity index is 3430. The molecule has 73 heavy (non-hydrogen) atoms. The van der Waals surface area contributed by atoms with E-state index in [0.717, 1.165) is 117 Å². The molecule has 8 nitrogen and oxygen atoms in total. The average molecular weight is 1010 g/mol. The van der Waals surface area contributed by atoms with Crippen LogP contribution in [0.3, 0.4) is 0 Å². The number of hydrogen-bond acceptors (Lipinski definition) is 10. The highest BCUT2D eigenvalue weighted by atomic mass is 32.2. The summed E-state index contributed by atoms with van der Waals surface area (Å²) in [6, 6.07) is 47.0. The summed E-state index contributed by atoms with van der Waals surface area (Å²) in [7, 11) is 6.65. The molecule has 2 heterocycles. The lowest BCUT2D eigenvalue weighted by molar-refractivity contribution is 0.0501. The SMILES string of the molecule is COCOc1ccc2ccccc2c1-c1c(OCOC)c(C2=CC3=C4CCCC4=C4C=C(c5cc6ccccc6c(-c6c(OCOC)ccc7ccccc67)c5OCOC)S[C@]4(C)[C@@]3(C)S2)cc2ccccc12. The minimum atomic E-state index is -0.385. The topological polar surface area (TPSA) is 73.8 Å². The summed E-state index contributed by atoms with van der Waals surface area (Å²) in [4.78, 5) is 2.31. The van der Waals surface area contributed by atoms with E-state index in [4.69, 9.17) is 37.9 Å². The maximum absolute atomic E-state index is 6.90. The Balaban J connectivity index is 1.04. The Hall–Kier alpha value is -6.50. The molecular weight excluding hydrogens is 949 g/mol. The van der Waals surface area contributed by atoms with Gasteiger partial charge in [-0.2, -0.15) is 0 Å². The molecule has 1 saturated carbocycles. The van der Waals surface area contributed by atoms with Gasteiger partial charge in [0.2, 0.25) is 0 Å². The molecule has 12 rings (SSSR count). The van der Waals surface area contributed by atoms with E-state index >= 15 is 0 Å². The van der Waals surface area contributed by atoms with Gasteiger partial charge in [-0.3, -0.25) is 0 Å². The van der Waals surface area contributed by atoms with Crippen LogP contribution in [0, 0.1) is 0 Å². The van der Waals surface area contributed by atoms with Crippen LogP contribution >= 0.6 is 23.5 Å². The van der Waals surface area contributed by atoms with Gasteiger partial charge in [-0.1, -0.05) is 109 Å². The Morgan fingerprint density at radius 2 is 0.767 bits per heavy atom. The number of allylic oxidation sites excluding steroid dienone is 4. The van der Waals surface area contributed by atoms with Crippen molar-refractivity contribution in [2.45, 2.75) is 42.6 Å². The Kier molecular flexibility index (Phi) is 12.6. The van der Waals surface area contributed by atoms with Gasteiger partial charge in [-0.05, 0) is 135 Å². The molecule has 368 valence electrons. The van der Waals surface area contributed by atoms with Crippen LogP contribution in [-0.4, -0.2) is 65.1 Å². The standard InChI is InChI=1S/C63H56O8S2/c1-62-50(32-54(72-62)48-30-40-18-9-13-22-44(40)58(60(48)70-36-66-5)56-42-20-11-7-16-38(42)26-28-52(56)68-34-64-3)46-24-15-25-47(46)51-33-55(73-63(51,62)2)49-31-41-19-10-14-23-45(41)59(61(49)71-37-67-6)57-43-21-12-8-17-39(43)27-29-53(57)69-35-65-4/h7-14,16-23,26-33H,15,24-25,34-37H2,1-6H3/t62-,63-/m0/s1. The minimum Gasteiger partial charge on any atom is -0.467 e. The fourth-order valence-corrected chi connectivity index (χ4v) is 15.0. The molecule has 0 saturated heterocycles. The van der Waals surface area contributed by atoms with Crippen molar-refractivity contribution in [1.29, 1.82) is 0 Å². The van der Waals surface area contributed by atoms with Gasteiger partial charge in [0.1, 0.15) is 23.0 Å². The van der Waals surface area contributed by atoms with E-state index < -0.39 is 0 Å². The van der Waals surface area contributed by atoms with E-state index in [1.165, 1.54) is 22.3 Å². The van der Waals surface area contributed by atoms with Gasteiger partial charge in [0.25, 0.3) is 0 Å². The Morgan fingerprint density at radius 1 is 0.411 bits per heavy atom. The second kappa shape index (κ2) is 19.4. The number of methoxy groups -OCH3 is 4. The van der Waals surface area contributed by atoms with Crippen molar-refractivity contribution in [1.82, 2.24) is 0 Å². The lowest BCUT2D eigenvalue weighted by Crippen LogP contribution is -2.47. The first-order valence-corrected chi connectivity index (χ1v) is 26.4. The van der Waals surface area contributed by atoms with Gasteiger partial charge in [-0.25, -0.2) is 0 Å². The summed E-state index contributed by atoms with van der Waals surface area (Å²) in [6.45, 7) is 5.26. The minimum absolute atomic E-state index is 0.0667. The molecule has 0 amide bonds. The molecule has 4 aliphatic rings. The fourth-order valence-electron chi connectivity index (χ4n) is 11.8. The summed E-state index contributed by atoms with van der Waals surface area (Å²) < 4.78 is 48.3. The van der Waals surface area contributed by atoms with Crippen molar-refractivity contribution < 1.29 is 37.9 Å². The highest BCUT2D eigenvalue weighted by Gasteiger charge is 2.60. The molecule has 0 aromatic heterocycles. The first-order chi connectivity index (χ1) is 35.8. The number of thioether (sulfide) groups is 2.